The van der Waals surface area contributed by atoms with Crippen LogP contribution >= 0.6 is 0 Å². The van der Waals surface area contributed by atoms with Crippen molar-refractivity contribution in [2.45, 2.75) is 13.5 Å². The SMILES string of the molecule is Cc1nn(C)c(NCc2nccn2C)c1C#N. The summed E-state index contributed by atoms with van der Waals surface area (Å²) in [6.45, 7) is 2.39. The van der Waals surface area contributed by atoms with Crippen molar-refractivity contribution in [3.63, 3.8) is 0 Å². The fraction of sp³-hybridized carbons (Fsp3) is 0.364. The van der Waals surface area contributed by atoms with Gasteiger partial charge in [-0.3, -0.25) is 4.68 Å². The number of nitriles is 1. The van der Waals surface area contributed by atoms with Gasteiger partial charge in [-0.2, -0.15) is 10.4 Å². The lowest BCUT2D eigenvalue weighted by molar-refractivity contribution is 0.748. The van der Waals surface area contributed by atoms with Gasteiger partial charge in [0.2, 0.25) is 0 Å². The molecule has 0 unspecified atom stereocenters. The molecule has 2 rings (SSSR count). The Morgan fingerprint density at radius 3 is 2.82 bits per heavy atom. The van der Waals surface area contributed by atoms with Gasteiger partial charge in [0.05, 0.1) is 12.2 Å². The van der Waals surface area contributed by atoms with Gasteiger partial charge in [-0.15, -0.1) is 0 Å². The van der Waals surface area contributed by atoms with Gasteiger partial charge in [-0.1, -0.05) is 0 Å². The van der Waals surface area contributed by atoms with Gasteiger partial charge in [0.1, 0.15) is 23.3 Å². The first-order chi connectivity index (χ1) is 8.13. The average molecular weight is 230 g/mol. The molecule has 0 saturated carbocycles. The van der Waals surface area contributed by atoms with Crippen LogP contribution < -0.4 is 5.32 Å². The van der Waals surface area contributed by atoms with Crippen molar-refractivity contribution in [3.8, 4) is 6.07 Å². The van der Waals surface area contributed by atoms with Gasteiger partial charge in [-0.05, 0) is 6.92 Å². The second kappa shape index (κ2) is 4.29. The van der Waals surface area contributed by atoms with Crippen molar-refractivity contribution in [1.82, 2.24) is 19.3 Å². The summed E-state index contributed by atoms with van der Waals surface area (Å²) in [6, 6.07) is 2.16. The number of nitrogens with zero attached hydrogens (tertiary/aromatic N) is 5. The molecule has 0 aliphatic heterocycles. The summed E-state index contributed by atoms with van der Waals surface area (Å²) in [6.07, 6.45) is 3.63. The zero-order chi connectivity index (χ0) is 12.4. The first kappa shape index (κ1) is 11.2. The monoisotopic (exact) mass is 230 g/mol. The van der Waals surface area contributed by atoms with Crippen LogP contribution in [0.25, 0.3) is 0 Å². The van der Waals surface area contributed by atoms with E-state index in [1.807, 2.05) is 31.8 Å². The minimum atomic E-state index is 0.567. The predicted molar refractivity (Wildman–Crippen MR) is 63.2 cm³/mol. The fourth-order valence-corrected chi connectivity index (χ4v) is 1.72. The highest BCUT2D eigenvalue weighted by molar-refractivity contribution is 5.54. The molecule has 6 nitrogen and oxygen atoms in total. The molecule has 0 fully saturated rings. The van der Waals surface area contributed by atoms with Crippen LogP contribution in [-0.2, 0) is 20.6 Å². The summed E-state index contributed by atoms with van der Waals surface area (Å²) in [5.74, 6) is 1.64. The van der Waals surface area contributed by atoms with E-state index < -0.39 is 0 Å². The van der Waals surface area contributed by atoms with Crippen molar-refractivity contribution in [2.24, 2.45) is 14.1 Å². The van der Waals surface area contributed by atoms with E-state index in [-0.39, 0.29) is 0 Å². The molecule has 0 amide bonds. The molecule has 6 heteroatoms. The van der Waals surface area contributed by atoms with Crippen LogP contribution in [0.5, 0.6) is 0 Å². The molecule has 2 aromatic heterocycles. The van der Waals surface area contributed by atoms with Crippen molar-refractivity contribution in [1.29, 1.82) is 5.26 Å². The molecule has 1 N–H and O–H groups in total. The highest BCUT2D eigenvalue weighted by Gasteiger charge is 2.12. The Hall–Kier alpha value is -2.29. The minimum Gasteiger partial charge on any atom is -0.362 e. The summed E-state index contributed by atoms with van der Waals surface area (Å²) < 4.78 is 3.61. The fourth-order valence-electron chi connectivity index (χ4n) is 1.72. The Morgan fingerprint density at radius 1 is 1.47 bits per heavy atom. The number of rotatable bonds is 3. The van der Waals surface area contributed by atoms with Gasteiger partial charge in [0.15, 0.2) is 0 Å². The van der Waals surface area contributed by atoms with Gasteiger partial charge in [0.25, 0.3) is 0 Å². The number of nitrogens with one attached hydrogen (secondary N) is 1. The highest BCUT2D eigenvalue weighted by atomic mass is 15.3. The van der Waals surface area contributed by atoms with Crippen molar-refractivity contribution >= 4 is 5.82 Å². The van der Waals surface area contributed by atoms with Crippen LogP contribution in [0.2, 0.25) is 0 Å². The third-order valence-electron chi connectivity index (χ3n) is 2.67. The third kappa shape index (κ3) is 1.99. The predicted octanol–water partition coefficient (Wildman–Crippen LogP) is 0.946. The van der Waals surface area contributed by atoms with E-state index in [0.29, 0.717) is 12.1 Å². The largest absolute Gasteiger partial charge is 0.362 e. The molecule has 2 aromatic rings. The van der Waals surface area contributed by atoms with Crippen LogP contribution in [0.15, 0.2) is 12.4 Å². The molecule has 0 aliphatic rings. The van der Waals surface area contributed by atoms with Crippen molar-refractivity contribution in [3.05, 3.63) is 29.5 Å². The lowest BCUT2D eigenvalue weighted by atomic mass is 10.2. The Kier molecular flexibility index (Phi) is 2.83. The van der Waals surface area contributed by atoms with Gasteiger partial charge in [0, 0.05) is 26.5 Å². The maximum Gasteiger partial charge on any atom is 0.142 e. The van der Waals surface area contributed by atoms with E-state index in [4.69, 9.17) is 5.26 Å². The molecule has 0 aliphatic carbocycles. The van der Waals surface area contributed by atoms with E-state index in [9.17, 15) is 0 Å². The van der Waals surface area contributed by atoms with Crippen LogP contribution in [-0.4, -0.2) is 19.3 Å². The Bertz CT molecular complexity index is 571. The van der Waals surface area contributed by atoms with Gasteiger partial charge in [-0.25, -0.2) is 4.98 Å². The van der Waals surface area contributed by atoms with Gasteiger partial charge >= 0.3 is 0 Å². The summed E-state index contributed by atoms with van der Waals surface area (Å²) in [7, 11) is 3.75. The molecule has 88 valence electrons. The Morgan fingerprint density at radius 2 is 2.24 bits per heavy atom. The van der Waals surface area contributed by atoms with E-state index in [2.05, 4.69) is 21.5 Å². The van der Waals surface area contributed by atoms with Crippen molar-refractivity contribution < 1.29 is 0 Å². The summed E-state index contributed by atoms with van der Waals surface area (Å²) in [5.41, 5.74) is 1.32. The number of imidazole rings is 1. The number of aromatic nitrogens is 4. The lowest BCUT2D eigenvalue weighted by Gasteiger charge is -2.06. The first-order valence-electron chi connectivity index (χ1n) is 5.27. The maximum absolute atomic E-state index is 9.06. The molecule has 0 radical (unpaired) electrons. The maximum atomic E-state index is 9.06. The molecule has 0 bridgehead atoms. The molecule has 0 saturated heterocycles. The van der Waals surface area contributed by atoms with E-state index in [0.717, 1.165) is 17.3 Å². The minimum absolute atomic E-state index is 0.567. The second-order valence-electron chi connectivity index (χ2n) is 3.85. The van der Waals surface area contributed by atoms with Crippen LogP contribution in [0.1, 0.15) is 17.1 Å². The molecule has 17 heavy (non-hydrogen) atoms. The summed E-state index contributed by atoms with van der Waals surface area (Å²) in [5, 5.41) is 16.5. The lowest BCUT2D eigenvalue weighted by Crippen LogP contribution is -2.09. The van der Waals surface area contributed by atoms with Crippen molar-refractivity contribution in [2.75, 3.05) is 5.32 Å². The molecule has 0 aromatic carbocycles. The van der Waals surface area contributed by atoms with Crippen LogP contribution in [0.3, 0.4) is 0 Å². The van der Waals surface area contributed by atoms with Crippen LogP contribution in [0, 0.1) is 18.3 Å². The summed E-state index contributed by atoms with van der Waals surface area (Å²) >= 11 is 0. The second-order valence-corrected chi connectivity index (χ2v) is 3.85. The molecule has 2 heterocycles. The van der Waals surface area contributed by atoms with E-state index in [1.165, 1.54) is 0 Å². The highest BCUT2D eigenvalue weighted by Crippen LogP contribution is 2.17. The quantitative estimate of drug-likeness (QED) is 0.852. The molecular formula is C11H14N6. The number of hydrogen-bond acceptors (Lipinski definition) is 4. The van der Waals surface area contributed by atoms with Crippen LogP contribution in [0.4, 0.5) is 5.82 Å². The van der Waals surface area contributed by atoms with Gasteiger partial charge < -0.3 is 9.88 Å². The number of anilines is 1. The number of hydrogen-bond donors (Lipinski definition) is 1. The third-order valence-corrected chi connectivity index (χ3v) is 2.67. The Labute approximate surface area is 99.5 Å². The molecule has 0 spiro atoms. The topological polar surface area (TPSA) is 71.5 Å². The molecular weight excluding hydrogens is 216 g/mol. The molecule has 0 atom stereocenters. The summed E-state index contributed by atoms with van der Waals surface area (Å²) in [4.78, 5) is 4.21. The van der Waals surface area contributed by atoms with E-state index >= 15 is 0 Å². The average Bonchev–Trinajstić information content (AvgIpc) is 2.80. The number of aryl methyl sites for hydroxylation is 3. The normalized spacial score (nSPS) is 10.2. The first-order valence-corrected chi connectivity index (χ1v) is 5.27. The standard InChI is InChI=1S/C11H14N6/c1-8-9(6-12)11(17(3)15-8)14-7-10-13-4-5-16(10)2/h4-5,14H,7H2,1-3H3. The zero-order valence-corrected chi connectivity index (χ0v) is 10.1. The Balaban J connectivity index is 2.20. The van der Waals surface area contributed by atoms with E-state index in [1.54, 1.807) is 10.9 Å². The smallest absolute Gasteiger partial charge is 0.142 e. The zero-order valence-electron chi connectivity index (χ0n) is 10.1.